The predicted molar refractivity (Wildman–Crippen MR) is 74.0 cm³/mol. The maximum Gasteiger partial charge on any atom is 0.411 e. The normalized spacial score (nSPS) is 12.2. The summed E-state index contributed by atoms with van der Waals surface area (Å²) in [7, 11) is 0. The van der Waals surface area contributed by atoms with Gasteiger partial charge in [-0.05, 0) is 34.9 Å². The molecule has 1 rings (SSSR count). The molecule has 0 aliphatic heterocycles. The van der Waals surface area contributed by atoms with Crippen molar-refractivity contribution in [3.8, 4) is 0 Å². The molecule has 0 saturated heterocycles. The monoisotopic (exact) mass is 408 g/mol. The lowest BCUT2D eigenvalue weighted by atomic mass is 10.1. The van der Waals surface area contributed by atoms with Crippen LogP contribution in [0.5, 0.6) is 0 Å². The molecule has 108 valence electrons. The topological polar surface area (TPSA) is 35.0 Å². The number of rotatable bonds is 5. The van der Waals surface area contributed by atoms with E-state index in [0.717, 1.165) is 9.26 Å². The van der Waals surface area contributed by atoms with Gasteiger partial charge in [0.25, 0.3) is 0 Å². The van der Waals surface area contributed by atoms with E-state index in [9.17, 15) is 13.2 Å². The van der Waals surface area contributed by atoms with Gasteiger partial charge in [0.15, 0.2) is 5.82 Å². The summed E-state index contributed by atoms with van der Waals surface area (Å²) in [5, 5.41) is 0.247. The first-order valence-electron chi connectivity index (χ1n) is 5.54. The van der Waals surface area contributed by atoms with Crippen LogP contribution in [0.15, 0.2) is 0 Å². The van der Waals surface area contributed by atoms with Crippen LogP contribution in [0.2, 0.25) is 5.15 Å². The highest BCUT2D eigenvalue weighted by Gasteiger charge is 2.27. The smallest absolute Gasteiger partial charge is 0.364 e. The van der Waals surface area contributed by atoms with Crippen molar-refractivity contribution in [1.82, 2.24) is 9.97 Å². The number of aromatic nitrogens is 2. The van der Waals surface area contributed by atoms with Crippen molar-refractivity contribution in [1.29, 1.82) is 0 Å². The Morgan fingerprint density at radius 3 is 2.47 bits per heavy atom. The van der Waals surface area contributed by atoms with Crippen LogP contribution in [0, 0.1) is 9.49 Å². The van der Waals surface area contributed by atoms with Crippen LogP contribution in [0.4, 0.5) is 13.2 Å². The molecular formula is C11H13ClF3IN2O. The molecule has 19 heavy (non-hydrogen) atoms. The van der Waals surface area contributed by atoms with Gasteiger partial charge in [-0.2, -0.15) is 13.2 Å². The zero-order chi connectivity index (χ0) is 14.6. The molecule has 0 aliphatic carbocycles. The van der Waals surface area contributed by atoms with Crippen molar-refractivity contribution in [2.24, 2.45) is 5.92 Å². The summed E-state index contributed by atoms with van der Waals surface area (Å²) in [5.41, 5.74) is 0.737. The molecule has 0 spiro atoms. The van der Waals surface area contributed by atoms with E-state index in [1.807, 2.05) is 36.4 Å². The SMILES string of the molecule is CC(C)Cc1nc(COCC(F)(F)F)nc(Cl)c1I. The van der Waals surface area contributed by atoms with Gasteiger partial charge in [-0.15, -0.1) is 0 Å². The fraction of sp³-hybridized carbons (Fsp3) is 0.636. The van der Waals surface area contributed by atoms with Gasteiger partial charge in [0.1, 0.15) is 18.4 Å². The highest BCUT2D eigenvalue weighted by molar-refractivity contribution is 14.1. The molecule has 1 heterocycles. The van der Waals surface area contributed by atoms with E-state index in [4.69, 9.17) is 11.6 Å². The van der Waals surface area contributed by atoms with Gasteiger partial charge in [-0.25, -0.2) is 9.97 Å². The van der Waals surface area contributed by atoms with Crippen LogP contribution in [0.3, 0.4) is 0 Å². The second kappa shape index (κ2) is 7.03. The van der Waals surface area contributed by atoms with E-state index in [1.165, 1.54) is 0 Å². The van der Waals surface area contributed by atoms with E-state index in [-0.39, 0.29) is 17.6 Å². The Morgan fingerprint density at radius 2 is 1.95 bits per heavy atom. The van der Waals surface area contributed by atoms with Crippen molar-refractivity contribution in [2.45, 2.75) is 33.1 Å². The molecular weight excluding hydrogens is 395 g/mol. The lowest BCUT2D eigenvalue weighted by Crippen LogP contribution is -2.17. The van der Waals surface area contributed by atoms with E-state index in [0.29, 0.717) is 12.3 Å². The summed E-state index contributed by atoms with van der Waals surface area (Å²) in [4.78, 5) is 8.11. The lowest BCUT2D eigenvalue weighted by Gasteiger charge is -2.11. The van der Waals surface area contributed by atoms with Gasteiger partial charge in [-0.1, -0.05) is 25.4 Å². The Labute approximate surface area is 128 Å². The average Bonchev–Trinajstić information content (AvgIpc) is 2.22. The van der Waals surface area contributed by atoms with Crippen LogP contribution in [0.25, 0.3) is 0 Å². The third-order valence-electron chi connectivity index (χ3n) is 2.02. The molecule has 0 aromatic carbocycles. The number of ether oxygens (including phenoxy) is 1. The van der Waals surface area contributed by atoms with Gasteiger partial charge in [0.2, 0.25) is 0 Å². The molecule has 0 saturated carbocycles. The summed E-state index contributed by atoms with van der Waals surface area (Å²) >= 11 is 7.96. The zero-order valence-electron chi connectivity index (χ0n) is 10.4. The summed E-state index contributed by atoms with van der Waals surface area (Å²) < 4.78 is 41.1. The number of hydrogen-bond donors (Lipinski definition) is 0. The third-order valence-corrected chi connectivity index (χ3v) is 3.75. The Hall–Kier alpha value is -0.150. The summed E-state index contributed by atoms with van der Waals surface area (Å²) in [6.07, 6.45) is -3.67. The van der Waals surface area contributed by atoms with Crippen LogP contribution in [0.1, 0.15) is 25.4 Å². The Morgan fingerprint density at radius 1 is 1.32 bits per heavy atom. The van der Waals surface area contributed by atoms with E-state index >= 15 is 0 Å². The maximum atomic E-state index is 12.0. The maximum absolute atomic E-state index is 12.0. The fourth-order valence-corrected chi connectivity index (χ4v) is 2.02. The largest absolute Gasteiger partial charge is 0.411 e. The van der Waals surface area contributed by atoms with Crippen LogP contribution < -0.4 is 0 Å². The van der Waals surface area contributed by atoms with Crippen molar-refractivity contribution < 1.29 is 17.9 Å². The average molecular weight is 409 g/mol. The highest BCUT2D eigenvalue weighted by atomic mass is 127. The quantitative estimate of drug-likeness (QED) is 0.545. The van der Waals surface area contributed by atoms with Gasteiger partial charge < -0.3 is 4.74 Å². The number of alkyl halides is 3. The second-order valence-electron chi connectivity index (χ2n) is 4.40. The van der Waals surface area contributed by atoms with Gasteiger partial charge in [-0.3, -0.25) is 0 Å². The number of nitrogens with zero attached hydrogens (tertiary/aromatic N) is 2. The van der Waals surface area contributed by atoms with Gasteiger partial charge >= 0.3 is 6.18 Å². The Bertz CT molecular complexity index is 441. The van der Waals surface area contributed by atoms with Crippen molar-refractivity contribution in [3.05, 3.63) is 20.2 Å². The molecule has 0 unspecified atom stereocenters. The van der Waals surface area contributed by atoms with E-state index < -0.39 is 12.8 Å². The van der Waals surface area contributed by atoms with Crippen molar-refractivity contribution in [3.63, 3.8) is 0 Å². The fourth-order valence-electron chi connectivity index (χ4n) is 1.36. The third kappa shape index (κ3) is 6.22. The molecule has 0 amide bonds. The van der Waals surface area contributed by atoms with Crippen LogP contribution >= 0.6 is 34.2 Å². The summed E-state index contributed by atoms with van der Waals surface area (Å²) in [6, 6.07) is 0. The van der Waals surface area contributed by atoms with Crippen molar-refractivity contribution in [2.75, 3.05) is 6.61 Å². The predicted octanol–water partition coefficient (Wildman–Crippen LogP) is 4.01. The van der Waals surface area contributed by atoms with Crippen LogP contribution in [-0.4, -0.2) is 22.8 Å². The molecule has 0 N–H and O–H groups in total. The number of halogens is 5. The first kappa shape index (κ1) is 16.9. The minimum absolute atomic E-state index is 0.172. The van der Waals surface area contributed by atoms with Crippen molar-refractivity contribution >= 4 is 34.2 Å². The van der Waals surface area contributed by atoms with Gasteiger partial charge in [0, 0.05) is 0 Å². The first-order valence-corrected chi connectivity index (χ1v) is 7.00. The number of hydrogen-bond acceptors (Lipinski definition) is 3. The molecule has 0 aliphatic rings. The Kier molecular flexibility index (Phi) is 6.25. The minimum atomic E-state index is -4.35. The zero-order valence-corrected chi connectivity index (χ0v) is 13.3. The Balaban J connectivity index is 2.76. The molecule has 0 radical (unpaired) electrons. The van der Waals surface area contributed by atoms with Crippen LogP contribution in [-0.2, 0) is 17.8 Å². The molecule has 0 fully saturated rings. The molecule has 0 atom stereocenters. The minimum Gasteiger partial charge on any atom is -0.364 e. The standard InChI is InChI=1S/C11H13ClF3IN2O/c1-6(2)3-7-9(16)10(12)18-8(17-7)4-19-5-11(13,14)15/h6H,3-5H2,1-2H3. The summed E-state index contributed by atoms with van der Waals surface area (Å²) in [6.45, 7) is 2.42. The molecule has 1 aromatic heterocycles. The summed E-state index contributed by atoms with van der Waals surface area (Å²) in [5.74, 6) is 0.536. The lowest BCUT2D eigenvalue weighted by molar-refractivity contribution is -0.177. The second-order valence-corrected chi connectivity index (χ2v) is 5.83. The molecule has 3 nitrogen and oxygen atoms in total. The van der Waals surface area contributed by atoms with Gasteiger partial charge in [0.05, 0.1) is 9.26 Å². The molecule has 1 aromatic rings. The highest BCUT2D eigenvalue weighted by Crippen LogP contribution is 2.22. The molecule has 8 heteroatoms. The van der Waals surface area contributed by atoms with E-state index in [2.05, 4.69) is 14.7 Å². The first-order chi connectivity index (χ1) is 8.69. The molecule has 0 bridgehead atoms. The van der Waals surface area contributed by atoms with E-state index in [1.54, 1.807) is 0 Å².